The van der Waals surface area contributed by atoms with Gasteiger partial charge in [-0.05, 0) is 30.7 Å². The van der Waals surface area contributed by atoms with Crippen LogP contribution in [0.1, 0.15) is 22.8 Å². The molecule has 1 aromatic heterocycles. The fourth-order valence-electron chi connectivity index (χ4n) is 3.54. The van der Waals surface area contributed by atoms with Gasteiger partial charge in [0.2, 0.25) is 0 Å². The highest BCUT2D eigenvalue weighted by Crippen LogP contribution is 2.14. The lowest BCUT2D eigenvalue weighted by molar-refractivity contribution is -0.0292. The largest absolute Gasteiger partial charge is 0.374 e. The molecule has 1 aliphatic rings. The first-order chi connectivity index (χ1) is 13.7. The number of aromatic nitrogens is 3. The number of amides is 1. The van der Waals surface area contributed by atoms with Crippen LogP contribution in [0.3, 0.4) is 0 Å². The van der Waals surface area contributed by atoms with Crippen LogP contribution in [0, 0.1) is 0 Å². The van der Waals surface area contributed by atoms with Gasteiger partial charge in [0.15, 0.2) is 0 Å². The summed E-state index contributed by atoms with van der Waals surface area (Å²) in [6, 6.07) is 15.9. The first-order valence-electron chi connectivity index (χ1n) is 9.72. The molecule has 1 fully saturated rings. The highest BCUT2D eigenvalue weighted by atomic mass is 16.5. The number of hydrogen-bond donors (Lipinski definition) is 1. The number of hydrogen-bond acceptors (Lipinski definition) is 5. The molecule has 3 aromatic rings. The zero-order valence-corrected chi connectivity index (χ0v) is 16.0. The summed E-state index contributed by atoms with van der Waals surface area (Å²) in [7, 11) is 0. The summed E-state index contributed by atoms with van der Waals surface area (Å²) >= 11 is 0. The number of carbonyl (C=O) groups excluding carboxylic acids is 1. The molecule has 1 atom stereocenters. The average molecular weight is 379 g/mol. The Morgan fingerprint density at radius 3 is 2.93 bits per heavy atom. The molecule has 1 N–H and O–H groups in total. The maximum atomic E-state index is 12.5. The van der Waals surface area contributed by atoms with Crippen LogP contribution in [0.5, 0.6) is 0 Å². The fourth-order valence-corrected chi connectivity index (χ4v) is 3.54. The number of aryl methyl sites for hydroxylation is 1. The molecule has 2 heterocycles. The van der Waals surface area contributed by atoms with Gasteiger partial charge in [-0.3, -0.25) is 9.69 Å². The lowest BCUT2D eigenvalue weighted by Gasteiger charge is -2.33. The Balaban J connectivity index is 1.32. The van der Waals surface area contributed by atoms with E-state index in [9.17, 15) is 4.79 Å². The van der Waals surface area contributed by atoms with E-state index in [4.69, 9.17) is 4.74 Å². The normalized spacial score (nSPS) is 17.7. The molecule has 7 heteroatoms. The third-order valence-electron chi connectivity index (χ3n) is 5.04. The van der Waals surface area contributed by atoms with E-state index in [0.717, 1.165) is 37.2 Å². The second-order valence-corrected chi connectivity index (χ2v) is 7.03. The third-order valence-corrected chi connectivity index (χ3v) is 5.04. The van der Waals surface area contributed by atoms with Crippen LogP contribution < -0.4 is 5.32 Å². The third kappa shape index (κ3) is 4.21. The Morgan fingerprint density at radius 2 is 2.11 bits per heavy atom. The number of nitrogens with one attached hydrogen (secondary N) is 1. The van der Waals surface area contributed by atoms with Crippen LogP contribution in [0.15, 0.2) is 48.5 Å². The van der Waals surface area contributed by atoms with E-state index in [1.165, 1.54) is 5.56 Å². The van der Waals surface area contributed by atoms with Gasteiger partial charge in [-0.2, -0.15) is 0 Å². The summed E-state index contributed by atoms with van der Waals surface area (Å²) in [6.45, 7) is 6.55. The molecule has 0 spiro atoms. The van der Waals surface area contributed by atoms with Gasteiger partial charge >= 0.3 is 0 Å². The minimum absolute atomic E-state index is 0.00823. The Morgan fingerprint density at radius 1 is 1.25 bits per heavy atom. The van der Waals surface area contributed by atoms with Crippen LogP contribution in [-0.4, -0.2) is 58.1 Å². The molecule has 1 aliphatic heterocycles. The van der Waals surface area contributed by atoms with Crippen molar-refractivity contribution in [2.75, 3.05) is 26.2 Å². The van der Waals surface area contributed by atoms with E-state index in [-0.39, 0.29) is 12.0 Å². The summed E-state index contributed by atoms with van der Waals surface area (Å²) in [5.74, 6) is -0.114. The van der Waals surface area contributed by atoms with Crippen molar-refractivity contribution in [2.45, 2.75) is 26.1 Å². The van der Waals surface area contributed by atoms with Gasteiger partial charge in [0, 0.05) is 38.3 Å². The molecule has 0 bridgehead atoms. The number of benzene rings is 2. The number of ether oxygens (including phenoxy) is 1. The van der Waals surface area contributed by atoms with Gasteiger partial charge < -0.3 is 10.1 Å². The standard InChI is InChI=1S/C21H25N5O2/c1-2-26-20-9-8-17(12-19(20)23-24-26)21(27)22-13-18-15-25(10-11-28-18)14-16-6-4-3-5-7-16/h3-9,12,18H,2,10-11,13-15H2,1H3,(H,22,27). The fraction of sp³-hybridized carbons (Fsp3) is 0.381. The Bertz CT molecular complexity index is 940. The number of nitrogens with zero attached hydrogens (tertiary/aromatic N) is 4. The summed E-state index contributed by atoms with van der Waals surface area (Å²) < 4.78 is 7.65. The molecule has 4 rings (SSSR count). The zero-order chi connectivity index (χ0) is 19.3. The zero-order valence-electron chi connectivity index (χ0n) is 16.0. The Labute approximate surface area is 164 Å². The molecular weight excluding hydrogens is 354 g/mol. The minimum atomic E-state index is -0.114. The van der Waals surface area contributed by atoms with Gasteiger partial charge in [0.25, 0.3) is 5.91 Å². The molecular formula is C21H25N5O2. The maximum absolute atomic E-state index is 12.5. The predicted molar refractivity (Wildman–Crippen MR) is 107 cm³/mol. The van der Waals surface area contributed by atoms with Crippen molar-refractivity contribution < 1.29 is 9.53 Å². The molecule has 0 aliphatic carbocycles. The van der Waals surface area contributed by atoms with Crippen LogP contribution in [-0.2, 0) is 17.8 Å². The van der Waals surface area contributed by atoms with E-state index in [2.05, 4.69) is 44.8 Å². The van der Waals surface area contributed by atoms with E-state index < -0.39 is 0 Å². The summed E-state index contributed by atoms with van der Waals surface area (Å²) in [5, 5.41) is 11.2. The number of carbonyl (C=O) groups is 1. The lowest BCUT2D eigenvalue weighted by atomic mass is 10.1. The number of rotatable bonds is 6. The SMILES string of the molecule is CCn1nnc2cc(C(=O)NCC3CN(Cc4ccccc4)CCO3)ccc21. The molecule has 1 unspecified atom stereocenters. The first kappa shape index (κ1) is 18.6. The Kier molecular flexibility index (Phi) is 5.64. The molecule has 0 radical (unpaired) electrons. The molecule has 0 saturated carbocycles. The van der Waals surface area contributed by atoms with E-state index in [1.807, 2.05) is 29.8 Å². The van der Waals surface area contributed by atoms with Gasteiger partial charge in [-0.1, -0.05) is 35.5 Å². The monoisotopic (exact) mass is 379 g/mol. The van der Waals surface area contributed by atoms with E-state index in [1.54, 1.807) is 6.07 Å². The van der Waals surface area contributed by atoms with Gasteiger partial charge in [-0.15, -0.1) is 5.10 Å². The van der Waals surface area contributed by atoms with E-state index in [0.29, 0.717) is 18.7 Å². The second kappa shape index (κ2) is 8.50. The van der Waals surface area contributed by atoms with Gasteiger partial charge in [0.05, 0.1) is 18.2 Å². The summed E-state index contributed by atoms with van der Waals surface area (Å²) in [5.41, 5.74) is 3.55. The van der Waals surface area contributed by atoms with Gasteiger partial charge in [0.1, 0.15) is 5.52 Å². The maximum Gasteiger partial charge on any atom is 0.251 e. The van der Waals surface area contributed by atoms with Crippen LogP contribution in [0.2, 0.25) is 0 Å². The molecule has 7 nitrogen and oxygen atoms in total. The van der Waals surface area contributed by atoms with Crippen molar-refractivity contribution in [1.29, 1.82) is 0 Å². The molecule has 28 heavy (non-hydrogen) atoms. The lowest BCUT2D eigenvalue weighted by Crippen LogP contribution is -2.47. The first-order valence-corrected chi connectivity index (χ1v) is 9.72. The highest BCUT2D eigenvalue weighted by molar-refractivity contribution is 5.97. The van der Waals surface area contributed by atoms with Crippen molar-refractivity contribution in [3.8, 4) is 0 Å². The quantitative estimate of drug-likeness (QED) is 0.710. The number of fused-ring (bicyclic) bond motifs is 1. The highest BCUT2D eigenvalue weighted by Gasteiger charge is 2.21. The smallest absolute Gasteiger partial charge is 0.251 e. The van der Waals surface area contributed by atoms with Gasteiger partial charge in [-0.25, -0.2) is 4.68 Å². The molecule has 1 saturated heterocycles. The van der Waals surface area contributed by atoms with Crippen LogP contribution >= 0.6 is 0 Å². The van der Waals surface area contributed by atoms with Crippen molar-refractivity contribution in [2.24, 2.45) is 0 Å². The number of morpholine rings is 1. The molecule has 146 valence electrons. The van der Waals surface area contributed by atoms with Crippen molar-refractivity contribution >= 4 is 16.9 Å². The van der Waals surface area contributed by atoms with Crippen molar-refractivity contribution in [1.82, 2.24) is 25.2 Å². The van der Waals surface area contributed by atoms with Crippen molar-refractivity contribution in [3.63, 3.8) is 0 Å². The molecule has 1 amide bonds. The Hall–Kier alpha value is -2.77. The minimum Gasteiger partial charge on any atom is -0.374 e. The summed E-state index contributed by atoms with van der Waals surface area (Å²) in [4.78, 5) is 14.9. The van der Waals surface area contributed by atoms with Crippen LogP contribution in [0.4, 0.5) is 0 Å². The summed E-state index contributed by atoms with van der Waals surface area (Å²) in [6.07, 6.45) is -0.00823. The topological polar surface area (TPSA) is 72.3 Å². The molecule has 2 aromatic carbocycles. The predicted octanol–water partition coefficient (Wildman–Crippen LogP) is 2.08. The average Bonchev–Trinajstić information content (AvgIpc) is 3.15. The van der Waals surface area contributed by atoms with Crippen LogP contribution in [0.25, 0.3) is 11.0 Å². The van der Waals surface area contributed by atoms with Crippen molar-refractivity contribution in [3.05, 3.63) is 59.7 Å². The second-order valence-electron chi connectivity index (χ2n) is 7.03. The van der Waals surface area contributed by atoms with E-state index >= 15 is 0 Å².